The molecular formula is C15H31N3O3. The van der Waals surface area contributed by atoms with Gasteiger partial charge in [-0.15, -0.1) is 0 Å². The summed E-state index contributed by atoms with van der Waals surface area (Å²) in [4.78, 5) is 27.3. The average Bonchev–Trinajstić information content (AvgIpc) is 2.41. The lowest BCUT2D eigenvalue weighted by Gasteiger charge is -2.26. The fourth-order valence-electron chi connectivity index (χ4n) is 2.10. The van der Waals surface area contributed by atoms with Crippen molar-refractivity contribution >= 4 is 11.8 Å². The summed E-state index contributed by atoms with van der Waals surface area (Å²) in [6.07, 6.45) is 1.31. The van der Waals surface area contributed by atoms with Crippen molar-refractivity contribution in [1.29, 1.82) is 0 Å². The molecular weight excluding hydrogens is 270 g/mol. The number of hydrogen-bond acceptors (Lipinski definition) is 4. The molecule has 6 heteroatoms. The van der Waals surface area contributed by atoms with Crippen molar-refractivity contribution < 1.29 is 14.3 Å². The molecule has 6 nitrogen and oxygen atoms in total. The van der Waals surface area contributed by atoms with Crippen LogP contribution in [0.15, 0.2) is 0 Å². The van der Waals surface area contributed by atoms with Gasteiger partial charge in [0.15, 0.2) is 0 Å². The molecule has 21 heavy (non-hydrogen) atoms. The van der Waals surface area contributed by atoms with Crippen molar-refractivity contribution in [2.45, 2.75) is 26.7 Å². The van der Waals surface area contributed by atoms with E-state index in [-0.39, 0.29) is 24.3 Å². The maximum absolute atomic E-state index is 12.4. The first-order valence-electron chi connectivity index (χ1n) is 7.48. The first-order chi connectivity index (χ1) is 9.81. The highest BCUT2D eigenvalue weighted by Gasteiger charge is 2.21. The normalized spacial score (nSPS) is 12.3. The van der Waals surface area contributed by atoms with Crippen LogP contribution in [0.1, 0.15) is 26.7 Å². The second kappa shape index (κ2) is 10.6. The first kappa shape index (κ1) is 19.9. The van der Waals surface area contributed by atoms with Crippen LogP contribution in [0.4, 0.5) is 0 Å². The molecule has 0 aliphatic heterocycles. The molecule has 0 rings (SSSR count). The van der Waals surface area contributed by atoms with Crippen molar-refractivity contribution in [3.05, 3.63) is 0 Å². The van der Waals surface area contributed by atoms with E-state index in [1.807, 2.05) is 0 Å². The van der Waals surface area contributed by atoms with Gasteiger partial charge in [-0.2, -0.15) is 0 Å². The van der Waals surface area contributed by atoms with Gasteiger partial charge in [-0.25, -0.2) is 0 Å². The maximum Gasteiger partial charge on any atom is 0.241 e. The van der Waals surface area contributed by atoms with E-state index in [9.17, 15) is 9.59 Å². The van der Waals surface area contributed by atoms with E-state index in [1.165, 1.54) is 4.90 Å². The lowest BCUT2D eigenvalue weighted by Crippen LogP contribution is -2.42. The molecule has 1 unspecified atom stereocenters. The summed E-state index contributed by atoms with van der Waals surface area (Å²) in [5, 5.41) is 0. The Morgan fingerprint density at radius 2 is 1.81 bits per heavy atom. The van der Waals surface area contributed by atoms with Crippen LogP contribution in [-0.2, 0) is 14.3 Å². The molecule has 0 bridgehead atoms. The minimum Gasteiger partial charge on any atom is -0.383 e. The maximum atomic E-state index is 12.4. The Morgan fingerprint density at radius 3 is 2.24 bits per heavy atom. The Kier molecular flexibility index (Phi) is 9.99. The Hall–Kier alpha value is -1.14. The molecule has 0 aromatic heterocycles. The Labute approximate surface area is 128 Å². The summed E-state index contributed by atoms with van der Waals surface area (Å²) >= 11 is 0. The molecule has 0 saturated carbocycles. The SMILES string of the molecule is COCCN(CC(=O)N(C)C)C(=O)CC(CN)CC(C)C. The number of methoxy groups -OCH3 is 1. The van der Waals surface area contributed by atoms with Crippen LogP contribution in [0.3, 0.4) is 0 Å². The Balaban J connectivity index is 4.65. The fraction of sp³-hybridized carbons (Fsp3) is 0.867. The smallest absolute Gasteiger partial charge is 0.241 e. The van der Waals surface area contributed by atoms with Crippen LogP contribution in [-0.4, -0.2) is 69.1 Å². The summed E-state index contributed by atoms with van der Waals surface area (Å²) in [5.74, 6) is 0.546. The van der Waals surface area contributed by atoms with E-state index < -0.39 is 0 Å². The second-order valence-corrected chi connectivity index (χ2v) is 6.03. The van der Waals surface area contributed by atoms with Gasteiger partial charge >= 0.3 is 0 Å². The average molecular weight is 301 g/mol. The lowest BCUT2D eigenvalue weighted by atomic mass is 9.94. The molecule has 0 heterocycles. The number of hydrogen-bond donors (Lipinski definition) is 1. The highest BCUT2D eigenvalue weighted by molar-refractivity contribution is 5.84. The van der Waals surface area contributed by atoms with E-state index in [1.54, 1.807) is 26.1 Å². The predicted molar refractivity (Wildman–Crippen MR) is 83.8 cm³/mol. The third-order valence-electron chi connectivity index (χ3n) is 3.34. The minimum absolute atomic E-state index is 0.0293. The van der Waals surface area contributed by atoms with Crippen molar-refractivity contribution in [3.63, 3.8) is 0 Å². The number of nitrogens with two attached hydrogens (primary N) is 1. The van der Waals surface area contributed by atoms with E-state index in [0.717, 1.165) is 6.42 Å². The molecule has 0 saturated heterocycles. The standard InChI is InChI=1S/C15H31N3O3/c1-12(2)8-13(10-16)9-14(19)18(6-7-21-5)11-15(20)17(3)4/h12-13H,6-11,16H2,1-5H3. The largest absolute Gasteiger partial charge is 0.383 e. The van der Waals surface area contributed by atoms with Gasteiger partial charge in [-0.3, -0.25) is 9.59 Å². The molecule has 2 amide bonds. The molecule has 0 aromatic rings. The molecule has 1 atom stereocenters. The number of carbonyl (C=O) groups is 2. The van der Waals surface area contributed by atoms with Gasteiger partial charge in [0.2, 0.25) is 11.8 Å². The van der Waals surface area contributed by atoms with Crippen molar-refractivity contribution in [2.24, 2.45) is 17.6 Å². The van der Waals surface area contributed by atoms with Gasteiger partial charge in [-0.05, 0) is 24.8 Å². The molecule has 2 N–H and O–H groups in total. The number of amides is 2. The molecule has 0 aliphatic carbocycles. The van der Waals surface area contributed by atoms with Gasteiger partial charge in [0.05, 0.1) is 13.2 Å². The summed E-state index contributed by atoms with van der Waals surface area (Å²) in [6.45, 7) is 5.66. The van der Waals surface area contributed by atoms with Gasteiger partial charge < -0.3 is 20.3 Å². The Bertz CT molecular complexity index is 319. The minimum atomic E-state index is -0.0902. The number of likely N-dealkylation sites (N-methyl/N-ethyl adjacent to an activating group) is 1. The number of ether oxygens (including phenoxy) is 1. The summed E-state index contributed by atoms with van der Waals surface area (Å²) < 4.78 is 5.02. The van der Waals surface area contributed by atoms with Crippen LogP contribution >= 0.6 is 0 Å². The zero-order chi connectivity index (χ0) is 16.4. The molecule has 124 valence electrons. The topological polar surface area (TPSA) is 75.9 Å². The predicted octanol–water partition coefficient (Wildman–Crippen LogP) is 0.561. The number of nitrogens with zero attached hydrogens (tertiary/aromatic N) is 2. The number of carbonyl (C=O) groups excluding carboxylic acids is 2. The third-order valence-corrected chi connectivity index (χ3v) is 3.34. The Morgan fingerprint density at radius 1 is 1.19 bits per heavy atom. The van der Waals surface area contributed by atoms with Crippen molar-refractivity contribution in [1.82, 2.24) is 9.80 Å². The lowest BCUT2D eigenvalue weighted by molar-refractivity contribution is -0.140. The fourth-order valence-corrected chi connectivity index (χ4v) is 2.10. The van der Waals surface area contributed by atoms with Crippen LogP contribution in [0.25, 0.3) is 0 Å². The second-order valence-electron chi connectivity index (χ2n) is 6.03. The molecule has 0 spiro atoms. The number of rotatable bonds is 10. The monoisotopic (exact) mass is 301 g/mol. The third kappa shape index (κ3) is 8.67. The first-order valence-corrected chi connectivity index (χ1v) is 7.48. The highest BCUT2D eigenvalue weighted by Crippen LogP contribution is 2.15. The van der Waals surface area contributed by atoms with Gasteiger partial charge in [-0.1, -0.05) is 13.8 Å². The zero-order valence-corrected chi connectivity index (χ0v) is 14.1. The molecule has 0 fully saturated rings. The van der Waals surface area contributed by atoms with E-state index >= 15 is 0 Å². The van der Waals surface area contributed by atoms with Crippen LogP contribution in [0, 0.1) is 11.8 Å². The van der Waals surface area contributed by atoms with Crippen LogP contribution in [0.5, 0.6) is 0 Å². The van der Waals surface area contributed by atoms with E-state index in [4.69, 9.17) is 10.5 Å². The molecule has 0 aliphatic rings. The van der Waals surface area contributed by atoms with Crippen molar-refractivity contribution in [3.8, 4) is 0 Å². The zero-order valence-electron chi connectivity index (χ0n) is 14.1. The van der Waals surface area contributed by atoms with Crippen LogP contribution in [0.2, 0.25) is 0 Å². The summed E-state index contributed by atoms with van der Waals surface area (Å²) in [6, 6.07) is 0. The quantitative estimate of drug-likeness (QED) is 0.640. The van der Waals surface area contributed by atoms with Gasteiger partial charge in [0.1, 0.15) is 0 Å². The van der Waals surface area contributed by atoms with Crippen molar-refractivity contribution in [2.75, 3.05) is 47.4 Å². The molecule has 0 radical (unpaired) electrons. The van der Waals surface area contributed by atoms with E-state index in [2.05, 4.69) is 13.8 Å². The van der Waals surface area contributed by atoms with E-state index in [0.29, 0.717) is 32.0 Å². The highest BCUT2D eigenvalue weighted by atomic mass is 16.5. The van der Waals surface area contributed by atoms with Gasteiger partial charge in [0, 0.05) is 34.2 Å². The summed E-state index contributed by atoms with van der Waals surface area (Å²) in [5.41, 5.74) is 5.75. The van der Waals surface area contributed by atoms with Gasteiger partial charge in [0.25, 0.3) is 0 Å². The van der Waals surface area contributed by atoms with Crippen LogP contribution < -0.4 is 5.73 Å². The molecule has 0 aromatic carbocycles. The summed E-state index contributed by atoms with van der Waals surface area (Å²) in [7, 11) is 4.95.